The zero-order valence-corrected chi connectivity index (χ0v) is 28.6. The first-order valence-electron chi connectivity index (χ1n) is 15.4. The molecule has 0 amide bonds. The number of rotatable bonds is 19. The van der Waals surface area contributed by atoms with Crippen LogP contribution in [0.25, 0.3) is 0 Å². The maximum absolute atomic E-state index is 10.9. The molecule has 3 nitrogen and oxygen atoms in total. The number of unbranched alkanes of at least 4 members (excludes halogenated alkanes) is 12. The molecule has 0 spiro atoms. The van der Waals surface area contributed by atoms with Crippen LogP contribution in [0.2, 0.25) is 0 Å². The fraction of sp³-hybridized carbons (Fsp3) is 0.647. The summed E-state index contributed by atoms with van der Waals surface area (Å²) in [6.07, 6.45) is 21.4. The molecule has 0 saturated carbocycles. The van der Waals surface area contributed by atoms with Crippen molar-refractivity contribution in [2.24, 2.45) is 0 Å². The Morgan fingerprint density at radius 1 is 0.564 bits per heavy atom. The van der Waals surface area contributed by atoms with Crippen molar-refractivity contribution < 1.29 is 42.5 Å². The van der Waals surface area contributed by atoms with Crippen molar-refractivity contribution in [3.05, 3.63) is 65.7 Å². The van der Waals surface area contributed by atoms with Gasteiger partial charge < -0.3 is 4.55 Å². The van der Waals surface area contributed by atoms with E-state index in [2.05, 4.69) is 58.0 Å². The van der Waals surface area contributed by atoms with E-state index in [0.717, 1.165) is 17.9 Å². The monoisotopic (exact) mass is 566 g/mol. The molecule has 0 fully saturated rings. The molecule has 0 saturated heterocycles. The number of hydrogen-bond donors (Lipinski definition) is 0. The van der Waals surface area contributed by atoms with Crippen LogP contribution in [0.3, 0.4) is 0 Å². The third-order valence-corrected chi connectivity index (χ3v) is 8.44. The van der Waals surface area contributed by atoms with Crippen LogP contribution in [0.4, 0.5) is 0 Å². The van der Waals surface area contributed by atoms with E-state index in [4.69, 9.17) is 0 Å². The number of benzene rings is 2. The Balaban J connectivity index is 0.000000737. The summed E-state index contributed by atoms with van der Waals surface area (Å²) in [5, 5.41) is 0. The van der Waals surface area contributed by atoms with Crippen molar-refractivity contribution in [1.29, 1.82) is 0 Å². The van der Waals surface area contributed by atoms with E-state index in [1.165, 1.54) is 114 Å². The van der Waals surface area contributed by atoms with E-state index in [1.54, 1.807) is 12.1 Å². The molecule has 0 aliphatic rings. The van der Waals surface area contributed by atoms with Gasteiger partial charge >= 0.3 is 29.6 Å². The second-order valence-electron chi connectivity index (χ2n) is 11.1. The van der Waals surface area contributed by atoms with Crippen molar-refractivity contribution in [1.82, 2.24) is 0 Å². The minimum Gasteiger partial charge on any atom is -0.744 e. The Kier molecular flexibility index (Phi) is 23.6. The van der Waals surface area contributed by atoms with Crippen molar-refractivity contribution in [3.63, 3.8) is 0 Å². The molecule has 2 aromatic carbocycles. The van der Waals surface area contributed by atoms with Gasteiger partial charge in [-0.2, -0.15) is 0 Å². The van der Waals surface area contributed by atoms with Crippen molar-refractivity contribution in [2.75, 3.05) is 0 Å². The van der Waals surface area contributed by atoms with E-state index in [0.29, 0.717) is 5.92 Å². The zero-order chi connectivity index (χ0) is 28.1. The van der Waals surface area contributed by atoms with E-state index in [1.807, 2.05) is 0 Å². The molecule has 0 heterocycles. The average Bonchev–Trinajstić information content (AvgIpc) is 2.92. The van der Waals surface area contributed by atoms with E-state index >= 15 is 0 Å². The summed E-state index contributed by atoms with van der Waals surface area (Å²) >= 11 is 0. The Hall–Kier alpha value is -0.650. The van der Waals surface area contributed by atoms with E-state index < -0.39 is 10.1 Å². The van der Waals surface area contributed by atoms with Gasteiger partial charge in [0.25, 0.3) is 0 Å². The van der Waals surface area contributed by atoms with E-state index in [-0.39, 0.29) is 34.5 Å². The standard InChI is InChI=1S/C17H28O3S.C17H28.Na/c1-3-4-5-6-7-8-9-10-15(2)16-11-13-17(14-12-16)21(18,19)20;1-3-4-5-6-7-8-10-13-16(2)17-14-11-9-12-15-17;/h11-15H,3-10H2,1-2H3,(H,18,19,20);9,11-12,14-16H,3-8,10,13H2,1-2H3;/q;;+1/p-1. The van der Waals surface area contributed by atoms with Gasteiger partial charge in [-0.1, -0.05) is 160 Å². The molecular formula is C34H55NaO3S. The average molecular weight is 567 g/mol. The summed E-state index contributed by atoms with van der Waals surface area (Å²) in [6, 6.07) is 17.3. The molecule has 0 radical (unpaired) electrons. The van der Waals surface area contributed by atoms with Gasteiger partial charge in [-0.05, 0) is 47.9 Å². The minimum absolute atomic E-state index is 0. The summed E-state index contributed by atoms with van der Waals surface area (Å²) in [5.74, 6) is 1.14. The Labute approximate surface area is 264 Å². The summed E-state index contributed by atoms with van der Waals surface area (Å²) in [6.45, 7) is 9.01. The predicted octanol–water partition coefficient (Wildman–Crippen LogP) is 7.77. The normalized spacial score (nSPS) is 12.6. The maximum atomic E-state index is 10.9. The predicted molar refractivity (Wildman–Crippen MR) is 163 cm³/mol. The van der Waals surface area contributed by atoms with Gasteiger partial charge in [0, 0.05) is 0 Å². The second kappa shape index (κ2) is 24.0. The van der Waals surface area contributed by atoms with Gasteiger partial charge in [0.15, 0.2) is 0 Å². The molecule has 39 heavy (non-hydrogen) atoms. The number of hydrogen-bond acceptors (Lipinski definition) is 3. The minimum atomic E-state index is -4.33. The van der Waals surface area contributed by atoms with Crippen molar-refractivity contribution in [3.8, 4) is 0 Å². The van der Waals surface area contributed by atoms with Crippen LogP contribution >= 0.6 is 0 Å². The molecule has 0 N–H and O–H groups in total. The molecule has 5 heteroatoms. The Morgan fingerprint density at radius 3 is 1.31 bits per heavy atom. The largest absolute Gasteiger partial charge is 1.00 e. The van der Waals surface area contributed by atoms with Crippen molar-refractivity contribution in [2.45, 2.75) is 147 Å². The van der Waals surface area contributed by atoms with Crippen LogP contribution in [0.15, 0.2) is 59.5 Å². The quantitative estimate of drug-likeness (QED) is 0.0991. The molecule has 0 aliphatic carbocycles. The summed E-state index contributed by atoms with van der Waals surface area (Å²) < 4.78 is 32.6. The molecule has 0 bridgehead atoms. The first kappa shape index (κ1) is 38.4. The summed E-state index contributed by atoms with van der Waals surface area (Å²) in [4.78, 5) is -0.144. The van der Waals surface area contributed by atoms with Gasteiger partial charge in [0.2, 0.25) is 0 Å². The fourth-order valence-corrected chi connectivity index (χ4v) is 5.36. The summed E-state index contributed by atoms with van der Waals surface area (Å²) in [7, 11) is -4.33. The molecule has 216 valence electrons. The second-order valence-corrected chi connectivity index (χ2v) is 12.4. The van der Waals surface area contributed by atoms with Gasteiger partial charge in [-0.25, -0.2) is 8.42 Å². The molecule has 2 atom stereocenters. The fourth-order valence-electron chi connectivity index (χ4n) is 4.89. The molecule has 0 aromatic heterocycles. The molecule has 2 aromatic rings. The maximum Gasteiger partial charge on any atom is 1.00 e. The first-order valence-corrected chi connectivity index (χ1v) is 16.8. The van der Waals surface area contributed by atoms with Crippen LogP contribution in [-0.2, 0) is 10.1 Å². The Bertz CT molecular complexity index is 913. The third-order valence-electron chi connectivity index (χ3n) is 7.59. The topological polar surface area (TPSA) is 57.2 Å². The van der Waals surface area contributed by atoms with Crippen LogP contribution in [0, 0.1) is 0 Å². The van der Waals surface area contributed by atoms with Gasteiger partial charge in [0.05, 0.1) is 4.90 Å². The molecule has 0 aliphatic heterocycles. The smallest absolute Gasteiger partial charge is 0.744 e. The molecule has 2 rings (SSSR count). The summed E-state index contributed by atoms with van der Waals surface area (Å²) in [5.41, 5.74) is 2.60. The zero-order valence-electron chi connectivity index (χ0n) is 25.8. The van der Waals surface area contributed by atoms with Crippen LogP contribution in [0.1, 0.15) is 153 Å². The van der Waals surface area contributed by atoms with Gasteiger partial charge in [0.1, 0.15) is 10.1 Å². The Morgan fingerprint density at radius 2 is 0.923 bits per heavy atom. The van der Waals surface area contributed by atoms with Crippen molar-refractivity contribution >= 4 is 10.1 Å². The van der Waals surface area contributed by atoms with Crippen LogP contribution in [-0.4, -0.2) is 13.0 Å². The molecular weight excluding hydrogens is 511 g/mol. The van der Waals surface area contributed by atoms with Crippen LogP contribution in [0.5, 0.6) is 0 Å². The van der Waals surface area contributed by atoms with Gasteiger partial charge in [-0.15, -0.1) is 0 Å². The van der Waals surface area contributed by atoms with Gasteiger partial charge in [-0.3, -0.25) is 0 Å². The van der Waals surface area contributed by atoms with Crippen LogP contribution < -0.4 is 29.6 Å². The first-order chi connectivity index (χ1) is 18.3. The SMILES string of the molecule is CCCCCCCCCC(C)c1ccc(S(=O)(=O)[O-])cc1.CCCCCCCCCC(C)c1ccccc1.[Na+]. The third kappa shape index (κ3) is 19.2. The van der Waals surface area contributed by atoms with E-state index in [9.17, 15) is 13.0 Å². The molecule has 2 unspecified atom stereocenters.